The Hall–Kier alpha value is -2.59. The fraction of sp³-hybridized carbons (Fsp3) is 0.158. The van der Waals surface area contributed by atoms with Crippen LogP contribution in [0, 0.1) is 0 Å². The number of carbonyl (C=O) groups is 1. The van der Waals surface area contributed by atoms with Gasteiger partial charge in [0.05, 0.1) is 6.04 Å². The Morgan fingerprint density at radius 3 is 2.62 bits per heavy atom. The summed E-state index contributed by atoms with van der Waals surface area (Å²) in [7, 11) is 1.86. The average Bonchev–Trinajstić information content (AvgIpc) is 2.98. The van der Waals surface area contributed by atoms with Gasteiger partial charge in [-0.25, -0.2) is 0 Å². The lowest BCUT2D eigenvalue weighted by Crippen LogP contribution is -2.28. The molecule has 0 saturated heterocycles. The fourth-order valence-electron chi connectivity index (χ4n) is 2.58. The molecular weight excluding hydrogens is 322 g/mol. The Morgan fingerprint density at radius 2 is 1.96 bits per heavy atom. The molecule has 0 bridgehead atoms. The topological polar surface area (TPSA) is 46.9 Å². The minimum absolute atomic E-state index is 0.111. The normalized spacial score (nSPS) is 12.0. The number of hydrogen-bond donors (Lipinski definition) is 1. The monoisotopic (exact) mass is 339 g/mol. The van der Waals surface area contributed by atoms with Gasteiger partial charge in [-0.1, -0.05) is 29.8 Å². The maximum absolute atomic E-state index is 12.6. The third-order valence-corrected chi connectivity index (χ3v) is 4.20. The summed E-state index contributed by atoms with van der Waals surface area (Å²) in [5, 5.41) is 3.70. The third-order valence-electron chi connectivity index (χ3n) is 3.95. The molecule has 3 aromatic rings. The highest BCUT2D eigenvalue weighted by molar-refractivity contribution is 6.30. The van der Waals surface area contributed by atoms with E-state index in [4.69, 9.17) is 11.6 Å². The van der Waals surface area contributed by atoms with Gasteiger partial charge in [-0.15, -0.1) is 0 Å². The molecule has 4 nitrogen and oxygen atoms in total. The van der Waals surface area contributed by atoms with Crippen LogP contribution in [-0.2, 0) is 7.05 Å². The first-order valence-electron chi connectivity index (χ1n) is 7.67. The second-order valence-corrected chi connectivity index (χ2v) is 6.15. The number of hydrogen-bond acceptors (Lipinski definition) is 2. The zero-order valence-electron chi connectivity index (χ0n) is 13.5. The minimum Gasteiger partial charge on any atom is -0.346 e. The smallest absolute Gasteiger partial charge is 0.268 e. The second-order valence-electron chi connectivity index (χ2n) is 5.71. The van der Waals surface area contributed by atoms with Crippen molar-refractivity contribution in [2.24, 2.45) is 7.05 Å². The van der Waals surface area contributed by atoms with Crippen LogP contribution in [-0.4, -0.2) is 15.5 Å². The van der Waals surface area contributed by atoms with E-state index in [1.807, 2.05) is 67.2 Å². The standard InChI is InChI=1S/C19H18ClN3O/c1-13(15-4-3-9-21-11-15)22-19(24)18-10-16(12-23(18)2)14-5-7-17(20)8-6-14/h3-13H,1-2H3,(H,22,24)/t13-/m0/s1. The van der Waals surface area contributed by atoms with Crippen molar-refractivity contribution < 1.29 is 4.79 Å². The molecule has 0 spiro atoms. The first-order valence-corrected chi connectivity index (χ1v) is 8.05. The number of pyridine rings is 1. The predicted molar refractivity (Wildman–Crippen MR) is 96.0 cm³/mol. The number of aromatic nitrogens is 2. The highest BCUT2D eigenvalue weighted by Crippen LogP contribution is 2.24. The van der Waals surface area contributed by atoms with Crippen LogP contribution in [0.15, 0.2) is 61.1 Å². The van der Waals surface area contributed by atoms with Crippen molar-refractivity contribution in [3.63, 3.8) is 0 Å². The van der Waals surface area contributed by atoms with Gasteiger partial charge >= 0.3 is 0 Å². The Labute approximate surface area is 146 Å². The van der Waals surface area contributed by atoms with Crippen LogP contribution >= 0.6 is 11.6 Å². The number of rotatable bonds is 4. The zero-order chi connectivity index (χ0) is 17.1. The van der Waals surface area contributed by atoms with Gasteiger partial charge in [0, 0.05) is 36.2 Å². The summed E-state index contributed by atoms with van der Waals surface area (Å²) in [5.74, 6) is -0.117. The zero-order valence-corrected chi connectivity index (χ0v) is 14.3. The molecule has 1 amide bonds. The third kappa shape index (κ3) is 3.49. The molecule has 0 radical (unpaired) electrons. The van der Waals surface area contributed by atoms with E-state index in [0.29, 0.717) is 10.7 Å². The number of halogens is 1. The Bertz CT molecular complexity index is 841. The summed E-state index contributed by atoms with van der Waals surface area (Å²) >= 11 is 5.93. The summed E-state index contributed by atoms with van der Waals surface area (Å²) in [5.41, 5.74) is 3.58. The molecular formula is C19H18ClN3O. The van der Waals surface area contributed by atoms with Gasteiger partial charge in [0.1, 0.15) is 5.69 Å². The van der Waals surface area contributed by atoms with Gasteiger partial charge in [-0.3, -0.25) is 9.78 Å². The average molecular weight is 340 g/mol. The van der Waals surface area contributed by atoms with Crippen molar-refractivity contribution in [2.45, 2.75) is 13.0 Å². The molecule has 2 aromatic heterocycles. The van der Waals surface area contributed by atoms with Crippen molar-refractivity contribution in [3.8, 4) is 11.1 Å². The van der Waals surface area contributed by atoms with Crippen molar-refractivity contribution in [2.75, 3.05) is 0 Å². The van der Waals surface area contributed by atoms with Crippen molar-refractivity contribution in [3.05, 3.63) is 77.3 Å². The van der Waals surface area contributed by atoms with Crippen LogP contribution in [0.25, 0.3) is 11.1 Å². The molecule has 1 aromatic carbocycles. The fourth-order valence-corrected chi connectivity index (χ4v) is 2.70. The Morgan fingerprint density at radius 1 is 1.21 bits per heavy atom. The molecule has 122 valence electrons. The minimum atomic E-state index is -0.117. The Kier molecular flexibility index (Phi) is 4.67. The van der Waals surface area contributed by atoms with E-state index in [-0.39, 0.29) is 11.9 Å². The highest BCUT2D eigenvalue weighted by Gasteiger charge is 2.16. The van der Waals surface area contributed by atoms with E-state index in [9.17, 15) is 4.79 Å². The molecule has 0 aliphatic rings. The largest absolute Gasteiger partial charge is 0.346 e. The van der Waals surface area contributed by atoms with Crippen LogP contribution in [0.2, 0.25) is 5.02 Å². The number of benzene rings is 1. The lowest BCUT2D eigenvalue weighted by Gasteiger charge is -2.14. The maximum Gasteiger partial charge on any atom is 0.268 e. The van der Waals surface area contributed by atoms with Crippen LogP contribution < -0.4 is 5.32 Å². The molecule has 1 N–H and O–H groups in total. The van der Waals surface area contributed by atoms with Gasteiger partial charge in [-0.05, 0) is 42.3 Å². The molecule has 1 atom stereocenters. The SMILES string of the molecule is C[C@H](NC(=O)c1cc(-c2ccc(Cl)cc2)cn1C)c1cccnc1. The number of nitrogens with zero attached hydrogens (tertiary/aromatic N) is 2. The number of carbonyl (C=O) groups excluding carboxylic acids is 1. The van der Waals surface area contributed by atoms with Gasteiger partial charge in [0.2, 0.25) is 0 Å². The van der Waals surface area contributed by atoms with E-state index >= 15 is 0 Å². The molecule has 2 heterocycles. The van der Waals surface area contributed by atoms with Gasteiger partial charge < -0.3 is 9.88 Å². The highest BCUT2D eigenvalue weighted by atomic mass is 35.5. The second kappa shape index (κ2) is 6.89. The van der Waals surface area contributed by atoms with E-state index < -0.39 is 0 Å². The summed E-state index contributed by atoms with van der Waals surface area (Å²) in [6.45, 7) is 1.94. The number of nitrogens with one attached hydrogen (secondary N) is 1. The predicted octanol–water partition coefficient (Wildman–Crippen LogP) is 4.23. The number of aryl methyl sites for hydroxylation is 1. The van der Waals surface area contributed by atoms with Gasteiger partial charge in [0.25, 0.3) is 5.91 Å². The van der Waals surface area contributed by atoms with Gasteiger partial charge in [0.15, 0.2) is 0 Å². The number of amides is 1. The van der Waals surface area contributed by atoms with E-state index in [2.05, 4.69) is 10.3 Å². The lowest BCUT2D eigenvalue weighted by molar-refractivity contribution is 0.0931. The first-order chi connectivity index (χ1) is 11.5. The van der Waals surface area contributed by atoms with Crippen LogP contribution in [0.1, 0.15) is 29.0 Å². The van der Waals surface area contributed by atoms with Crippen molar-refractivity contribution in [1.82, 2.24) is 14.9 Å². The quantitative estimate of drug-likeness (QED) is 0.773. The maximum atomic E-state index is 12.6. The molecule has 5 heteroatoms. The van der Waals surface area contributed by atoms with E-state index in [1.54, 1.807) is 12.4 Å². The lowest BCUT2D eigenvalue weighted by atomic mass is 10.1. The molecule has 0 fully saturated rings. The van der Waals surface area contributed by atoms with Crippen LogP contribution in [0.5, 0.6) is 0 Å². The van der Waals surface area contributed by atoms with Crippen molar-refractivity contribution >= 4 is 17.5 Å². The Balaban J connectivity index is 1.79. The van der Waals surface area contributed by atoms with Crippen LogP contribution in [0.3, 0.4) is 0 Å². The summed E-state index contributed by atoms with van der Waals surface area (Å²) in [6, 6.07) is 13.1. The summed E-state index contributed by atoms with van der Waals surface area (Å²) in [4.78, 5) is 16.7. The molecule has 0 aliphatic heterocycles. The van der Waals surface area contributed by atoms with E-state index in [1.165, 1.54) is 0 Å². The summed E-state index contributed by atoms with van der Waals surface area (Å²) < 4.78 is 1.83. The summed E-state index contributed by atoms with van der Waals surface area (Å²) in [6.07, 6.45) is 5.41. The molecule has 3 rings (SSSR count). The van der Waals surface area contributed by atoms with E-state index in [0.717, 1.165) is 16.7 Å². The molecule has 0 aliphatic carbocycles. The molecule has 24 heavy (non-hydrogen) atoms. The van der Waals surface area contributed by atoms with Gasteiger partial charge in [-0.2, -0.15) is 0 Å². The molecule has 0 saturated carbocycles. The van der Waals surface area contributed by atoms with Crippen molar-refractivity contribution in [1.29, 1.82) is 0 Å². The molecule has 0 unspecified atom stereocenters. The first kappa shape index (κ1) is 16.3. The van der Waals surface area contributed by atoms with Crippen LogP contribution in [0.4, 0.5) is 0 Å².